The van der Waals surface area contributed by atoms with Gasteiger partial charge in [0.15, 0.2) is 11.8 Å². The summed E-state index contributed by atoms with van der Waals surface area (Å²) in [5.41, 5.74) is 10.9. The fraction of sp³-hybridized carbons (Fsp3) is 0.297. The molecule has 0 bridgehead atoms. The minimum absolute atomic E-state index is 0.0364. The highest BCUT2D eigenvalue weighted by atomic mass is 16.3. The van der Waals surface area contributed by atoms with Crippen LogP contribution in [-0.2, 0) is 17.9 Å². The van der Waals surface area contributed by atoms with Gasteiger partial charge in [-0.2, -0.15) is 0 Å². The molecule has 40 heavy (non-hydrogen) atoms. The van der Waals surface area contributed by atoms with Crippen LogP contribution >= 0.6 is 0 Å². The molecule has 1 aliphatic rings. The van der Waals surface area contributed by atoms with Gasteiger partial charge in [-0.25, -0.2) is 9.55 Å². The molecule has 1 aliphatic carbocycles. The first-order valence-electron chi connectivity index (χ1n) is 15.7. The lowest BCUT2D eigenvalue weighted by Crippen LogP contribution is -2.34. The Morgan fingerprint density at radius 2 is 1.62 bits per heavy atom. The third-order valence-electron chi connectivity index (χ3n) is 9.21. The van der Waals surface area contributed by atoms with Gasteiger partial charge in [-0.1, -0.05) is 81.8 Å². The Balaban J connectivity index is 1.44. The Morgan fingerprint density at radius 1 is 0.850 bits per heavy atom. The quantitative estimate of drug-likeness (QED) is 0.210. The number of furan rings is 1. The molecule has 0 radical (unpaired) electrons. The second-order valence-electron chi connectivity index (χ2n) is 12.9. The predicted octanol–water partition coefficient (Wildman–Crippen LogP) is 9.26. The first kappa shape index (κ1) is 21.8. The maximum absolute atomic E-state index is 7.71. The molecule has 3 nitrogen and oxygen atoms in total. The number of aryl methyl sites for hydroxylation is 3. The van der Waals surface area contributed by atoms with E-state index in [0.717, 1.165) is 68.0 Å². The highest BCUT2D eigenvalue weighted by Gasteiger charge is 2.38. The second kappa shape index (κ2) is 8.51. The molecule has 3 heterocycles. The number of pyridine rings is 2. The number of fused-ring (bicyclic) bond motifs is 6. The maximum atomic E-state index is 7.71. The lowest BCUT2D eigenvalue weighted by atomic mass is 9.62. The standard InChI is InChI=1S/C37H37N2O/c1-22-8-11-24(12-9-22)25-16-19-39(7)30(21-25)31-23(2)10-14-27-28-20-26-13-15-29-32(33(26)38-35(28)40-34(27)31)37(5,6)18-17-36(29,3)4/h8-16,19-21H,17-18H2,1-7H3/q+1/i1D3. The lowest BCUT2D eigenvalue weighted by Gasteiger charge is -2.42. The molecule has 0 spiro atoms. The van der Waals surface area contributed by atoms with Crippen LogP contribution in [-0.4, -0.2) is 4.98 Å². The number of hydrogen-bond donors (Lipinski definition) is 0. The fourth-order valence-corrected chi connectivity index (χ4v) is 6.70. The number of aromatic nitrogens is 2. The smallest absolute Gasteiger partial charge is 0.227 e. The van der Waals surface area contributed by atoms with Gasteiger partial charge in [0.2, 0.25) is 11.4 Å². The summed E-state index contributed by atoms with van der Waals surface area (Å²) in [7, 11) is 2.04. The van der Waals surface area contributed by atoms with Gasteiger partial charge in [0.1, 0.15) is 7.05 Å². The van der Waals surface area contributed by atoms with E-state index in [1.54, 1.807) is 12.1 Å². The predicted molar refractivity (Wildman–Crippen MR) is 166 cm³/mol. The van der Waals surface area contributed by atoms with Gasteiger partial charge in [0.05, 0.1) is 11.1 Å². The minimum Gasteiger partial charge on any atom is -0.437 e. The molecule has 3 aromatic heterocycles. The summed E-state index contributed by atoms with van der Waals surface area (Å²) in [6.07, 6.45) is 4.33. The number of benzene rings is 3. The molecular formula is C37H37N2O+. The van der Waals surface area contributed by atoms with Crippen LogP contribution in [0.2, 0.25) is 0 Å². The molecule has 7 rings (SSSR count). The van der Waals surface area contributed by atoms with Crippen molar-refractivity contribution < 1.29 is 13.1 Å². The molecule has 3 aromatic carbocycles. The van der Waals surface area contributed by atoms with Crippen LogP contribution < -0.4 is 4.57 Å². The van der Waals surface area contributed by atoms with Crippen molar-refractivity contribution >= 4 is 33.0 Å². The number of nitrogens with zero attached hydrogens (tertiary/aromatic N) is 2. The highest BCUT2D eigenvalue weighted by molar-refractivity contribution is 6.11. The van der Waals surface area contributed by atoms with Crippen molar-refractivity contribution in [1.82, 2.24) is 4.98 Å². The summed E-state index contributed by atoms with van der Waals surface area (Å²) in [6, 6.07) is 22.5. The molecule has 200 valence electrons. The SMILES string of the molecule is [2H]C([2H])([2H])c1ccc(-c2cc[n+](C)c(-c3c(C)ccc4c3oc3nc5c6c(ccc5cc34)C(C)(C)CCC6(C)C)c2)cc1. The summed E-state index contributed by atoms with van der Waals surface area (Å²) in [6.45, 7) is 9.37. The Kier molecular flexibility index (Phi) is 4.64. The van der Waals surface area contributed by atoms with Crippen molar-refractivity contribution in [3.63, 3.8) is 0 Å². The van der Waals surface area contributed by atoms with Crippen molar-refractivity contribution in [3.05, 3.63) is 95.2 Å². The van der Waals surface area contributed by atoms with Crippen LogP contribution in [0.1, 0.15) is 66.9 Å². The monoisotopic (exact) mass is 528 g/mol. The molecule has 0 fully saturated rings. The highest BCUT2D eigenvalue weighted by Crippen LogP contribution is 2.49. The molecule has 0 amide bonds. The number of hydrogen-bond acceptors (Lipinski definition) is 2. The molecule has 0 saturated carbocycles. The Morgan fingerprint density at radius 3 is 2.40 bits per heavy atom. The van der Waals surface area contributed by atoms with Gasteiger partial charge in [-0.3, -0.25) is 0 Å². The molecule has 0 atom stereocenters. The molecule has 6 aromatic rings. The van der Waals surface area contributed by atoms with Gasteiger partial charge < -0.3 is 4.42 Å². The zero-order chi connectivity index (χ0) is 30.5. The summed E-state index contributed by atoms with van der Waals surface area (Å²) in [4.78, 5) is 5.25. The van der Waals surface area contributed by atoms with E-state index < -0.39 is 6.85 Å². The van der Waals surface area contributed by atoms with Gasteiger partial charge in [0, 0.05) is 32.4 Å². The van der Waals surface area contributed by atoms with Crippen LogP contribution in [0.25, 0.3) is 55.4 Å². The maximum Gasteiger partial charge on any atom is 0.227 e. The van der Waals surface area contributed by atoms with Crippen molar-refractivity contribution in [1.29, 1.82) is 0 Å². The normalized spacial score (nSPS) is 17.5. The lowest BCUT2D eigenvalue weighted by molar-refractivity contribution is -0.660. The molecule has 0 aliphatic heterocycles. The average Bonchev–Trinajstić information content (AvgIpc) is 3.31. The van der Waals surface area contributed by atoms with E-state index in [2.05, 4.69) is 81.7 Å². The largest absolute Gasteiger partial charge is 0.437 e. The van der Waals surface area contributed by atoms with Crippen LogP contribution in [0.3, 0.4) is 0 Å². The van der Waals surface area contributed by atoms with Crippen LogP contribution in [0.5, 0.6) is 0 Å². The molecule has 3 heteroatoms. The summed E-state index contributed by atoms with van der Waals surface area (Å²) in [5, 5.41) is 3.22. The first-order valence-corrected chi connectivity index (χ1v) is 14.2. The Labute approximate surface area is 240 Å². The van der Waals surface area contributed by atoms with E-state index in [9.17, 15) is 0 Å². The van der Waals surface area contributed by atoms with Crippen LogP contribution in [0, 0.1) is 13.8 Å². The van der Waals surface area contributed by atoms with Gasteiger partial charge in [0.25, 0.3) is 0 Å². The minimum atomic E-state index is -2.12. The Bertz CT molecular complexity index is 2080. The van der Waals surface area contributed by atoms with E-state index in [1.165, 1.54) is 11.1 Å². The zero-order valence-electron chi connectivity index (χ0n) is 27.1. The van der Waals surface area contributed by atoms with Crippen LogP contribution in [0.4, 0.5) is 0 Å². The summed E-state index contributed by atoms with van der Waals surface area (Å²) in [5.74, 6) is 0. The third kappa shape index (κ3) is 3.71. The van der Waals surface area contributed by atoms with Crippen molar-refractivity contribution in [2.45, 2.75) is 65.1 Å². The Hall–Kier alpha value is -3.98. The first-order chi connectivity index (χ1) is 20.2. The van der Waals surface area contributed by atoms with Gasteiger partial charge in [-0.05, 0) is 71.3 Å². The topological polar surface area (TPSA) is 29.9 Å². The van der Waals surface area contributed by atoms with Crippen molar-refractivity contribution in [2.24, 2.45) is 7.05 Å². The van der Waals surface area contributed by atoms with E-state index in [-0.39, 0.29) is 10.8 Å². The van der Waals surface area contributed by atoms with E-state index >= 15 is 0 Å². The number of rotatable bonds is 2. The van der Waals surface area contributed by atoms with Crippen molar-refractivity contribution in [3.8, 4) is 22.4 Å². The van der Waals surface area contributed by atoms with E-state index in [1.807, 2.05) is 25.4 Å². The molecule has 0 unspecified atom stereocenters. The zero-order valence-corrected chi connectivity index (χ0v) is 24.1. The fourth-order valence-electron chi connectivity index (χ4n) is 6.70. The van der Waals surface area contributed by atoms with Crippen LogP contribution in [0.15, 0.2) is 77.3 Å². The van der Waals surface area contributed by atoms with E-state index in [4.69, 9.17) is 13.5 Å². The molecule has 0 saturated heterocycles. The van der Waals surface area contributed by atoms with Crippen molar-refractivity contribution in [2.75, 3.05) is 0 Å². The van der Waals surface area contributed by atoms with Gasteiger partial charge in [-0.15, -0.1) is 0 Å². The third-order valence-corrected chi connectivity index (χ3v) is 9.21. The second-order valence-corrected chi connectivity index (χ2v) is 12.9. The van der Waals surface area contributed by atoms with E-state index in [0.29, 0.717) is 11.3 Å². The molecule has 0 N–H and O–H groups in total. The van der Waals surface area contributed by atoms with Gasteiger partial charge >= 0.3 is 0 Å². The summed E-state index contributed by atoms with van der Waals surface area (Å²) >= 11 is 0. The summed E-state index contributed by atoms with van der Waals surface area (Å²) < 4.78 is 32.0. The average molecular weight is 529 g/mol. The molecular weight excluding hydrogens is 488 g/mol.